The number of hydrogen-bond acceptors (Lipinski definition) is 8. The van der Waals surface area contributed by atoms with Crippen molar-refractivity contribution in [3.05, 3.63) is 176 Å². The maximum Gasteiger partial charge on any atom is 0.141 e. The smallest absolute Gasteiger partial charge is 0.141 e. The van der Waals surface area contributed by atoms with Gasteiger partial charge in [0.25, 0.3) is 0 Å². The molecule has 0 spiro atoms. The maximum atomic E-state index is 13.8. The molecule has 7 rings (SSSR count). The van der Waals surface area contributed by atoms with Gasteiger partial charge >= 0.3 is 0 Å². The van der Waals surface area contributed by atoms with Gasteiger partial charge in [0, 0.05) is 11.1 Å². The van der Waals surface area contributed by atoms with E-state index >= 15 is 0 Å². The van der Waals surface area contributed by atoms with E-state index in [1.54, 1.807) is 22.7 Å². The van der Waals surface area contributed by atoms with Crippen molar-refractivity contribution in [3.63, 3.8) is 0 Å². The van der Waals surface area contributed by atoms with Gasteiger partial charge in [0.05, 0.1) is 26.4 Å². The molecule has 0 aliphatic rings. The summed E-state index contributed by atoms with van der Waals surface area (Å²) in [6.07, 6.45) is 0. The van der Waals surface area contributed by atoms with Crippen LogP contribution in [-0.4, -0.2) is 36.6 Å². The van der Waals surface area contributed by atoms with Crippen molar-refractivity contribution in [2.24, 2.45) is 23.7 Å². The van der Waals surface area contributed by atoms with E-state index in [0.717, 1.165) is 45.3 Å². The van der Waals surface area contributed by atoms with Crippen LogP contribution in [0.4, 0.5) is 0 Å². The third-order valence-corrected chi connectivity index (χ3v) is 12.4. The molecule has 0 radical (unpaired) electrons. The molecule has 334 valence electrons. The van der Waals surface area contributed by atoms with Gasteiger partial charge in [-0.1, -0.05) is 104 Å². The van der Waals surface area contributed by atoms with Crippen molar-refractivity contribution >= 4 is 22.7 Å². The van der Waals surface area contributed by atoms with Crippen molar-refractivity contribution in [2.75, 3.05) is 26.4 Å². The zero-order valence-corrected chi connectivity index (χ0v) is 40.0. The summed E-state index contributed by atoms with van der Waals surface area (Å²) in [5, 5.41) is 36.0. The first-order chi connectivity index (χ1) is 30.7. The van der Waals surface area contributed by atoms with Gasteiger partial charge in [-0.3, -0.25) is 0 Å². The molecule has 0 amide bonds. The Hall–Kier alpha value is -5.38. The van der Waals surface area contributed by atoms with Gasteiger partial charge < -0.3 is 29.2 Å². The Morgan fingerprint density at radius 3 is 0.844 bits per heavy atom. The van der Waals surface area contributed by atoms with E-state index in [1.165, 1.54) is 0 Å². The lowest BCUT2D eigenvalue weighted by Crippen LogP contribution is -2.32. The molecule has 0 saturated heterocycles. The van der Waals surface area contributed by atoms with Crippen LogP contribution in [0.2, 0.25) is 0 Å². The molecular formula is C56H62O6S2. The lowest BCUT2D eigenvalue weighted by molar-refractivity contribution is 0.122. The molecule has 0 unspecified atom stereocenters. The highest BCUT2D eigenvalue weighted by molar-refractivity contribution is 7.08. The Morgan fingerprint density at radius 2 is 0.641 bits per heavy atom. The molecule has 0 aliphatic carbocycles. The molecule has 6 nitrogen and oxygen atoms in total. The first-order valence-corrected chi connectivity index (χ1v) is 24.3. The standard InChI is InChI=1S/C56H62O6S2/c1-37(2)31-59-47-17-9-43(10-18-47)55(57,44-11-19-48(20-12-44)60-32-38(3)4)53-29-52(42-26-28-64-36-42)54(30-51(53)41-25-27-63-35-41)56(58,45-13-21-49(22-14-45)61-33-39(5)6)46-15-23-50(24-16-46)62-34-40(7)8/h9-30,35-40,57-58H,31-34H2,1-8H3. The quantitative estimate of drug-likeness (QED) is 0.0742. The van der Waals surface area contributed by atoms with Crippen LogP contribution in [0.3, 0.4) is 0 Å². The van der Waals surface area contributed by atoms with E-state index in [4.69, 9.17) is 18.9 Å². The summed E-state index contributed by atoms with van der Waals surface area (Å²) in [6.45, 7) is 19.3. The average molecular weight is 895 g/mol. The summed E-state index contributed by atoms with van der Waals surface area (Å²) in [5.74, 6) is 4.38. The number of benzene rings is 5. The summed E-state index contributed by atoms with van der Waals surface area (Å²) in [5.41, 5.74) is 4.08. The van der Waals surface area contributed by atoms with Crippen LogP contribution in [0.25, 0.3) is 22.3 Å². The Bertz CT molecular complexity index is 2210. The van der Waals surface area contributed by atoms with Crippen molar-refractivity contribution in [1.82, 2.24) is 0 Å². The fourth-order valence-corrected chi connectivity index (χ4v) is 9.00. The van der Waals surface area contributed by atoms with Gasteiger partial charge in [-0.15, -0.1) is 0 Å². The van der Waals surface area contributed by atoms with Gasteiger partial charge in [0.1, 0.15) is 34.2 Å². The summed E-state index contributed by atoms with van der Waals surface area (Å²) in [6, 6.07) is 39.4. The van der Waals surface area contributed by atoms with Crippen LogP contribution in [0.5, 0.6) is 23.0 Å². The minimum atomic E-state index is -1.67. The molecule has 2 heterocycles. The molecule has 2 aromatic heterocycles. The normalized spacial score (nSPS) is 12.1. The lowest BCUT2D eigenvalue weighted by atomic mass is 9.72. The molecular weight excluding hydrogens is 833 g/mol. The third-order valence-electron chi connectivity index (χ3n) is 11.0. The second kappa shape index (κ2) is 20.6. The number of hydrogen-bond donors (Lipinski definition) is 2. The molecule has 5 aromatic carbocycles. The highest BCUT2D eigenvalue weighted by Gasteiger charge is 2.42. The molecule has 0 saturated carbocycles. The van der Waals surface area contributed by atoms with Crippen molar-refractivity contribution in [1.29, 1.82) is 0 Å². The Balaban J connectivity index is 1.50. The van der Waals surface area contributed by atoms with Gasteiger partial charge in [0.2, 0.25) is 0 Å². The van der Waals surface area contributed by atoms with E-state index in [1.807, 2.05) is 108 Å². The van der Waals surface area contributed by atoms with Crippen LogP contribution in [0.15, 0.2) is 143 Å². The topological polar surface area (TPSA) is 77.4 Å². The maximum absolute atomic E-state index is 13.8. The second-order valence-electron chi connectivity index (χ2n) is 18.3. The first kappa shape index (κ1) is 46.6. The Labute approximate surface area is 388 Å². The molecule has 2 N–H and O–H groups in total. The number of thiophene rings is 2. The van der Waals surface area contributed by atoms with Crippen molar-refractivity contribution in [2.45, 2.75) is 66.6 Å². The zero-order valence-electron chi connectivity index (χ0n) is 38.3. The fourth-order valence-electron chi connectivity index (χ4n) is 7.69. The Morgan fingerprint density at radius 1 is 0.391 bits per heavy atom. The number of aliphatic hydroxyl groups is 2. The first-order valence-electron chi connectivity index (χ1n) is 22.4. The largest absolute Gasteiger partial charge is 0.493 e. The second-order valence-corrected chi connectivity index (χ2v) is 19.9. The van der Waals surface area contributed by atoms with Crippen molar-refractivity contribution in [3.8, 4) is 45.3 Å². The summed E-state index contributed by atoms with van der Waals surface area (Å²) in [7, 11) is 0. The van der Waals surface area contributed by atoms with Crippen LogP contribution >= 0.6 is 22.7 Å². The third kappa shape index (κ3) is 10.6. The fraction of sp³-hybridized carbons (Fsp3) is 0.321. The molecule has 7 aromatic rings. The van der Waals surface area contributed by atoms with E-state index in [2.05, 4.69) is 90.4 Å². The molecule has 0 aliphatic heterocycles. The van der Waals surface area contributed by atoms with Crippen LogP contribution in [-0.2, 0) is 11.2 Å². The van der Waals surface area contributed by atoms with E-state index < -0.39 is 11.2 Å². The van der Waals surface area contributed by atoms with Crippen LogP contribution in [0, 0.1) is 23.7 Å². The molecule has 0 atom stereocenters. The van der Waals surface area contributed by atoms with E-state index in [-0.39, 0.29) is 0 Å². The highest BCUT2D eigenvalue weighted by Crippen LogP contribution is 2.50. The predicted octanol–water partition coefficient (Wildman–Crippen LogP) is 13.9. The minimum absolute atomic E-state index is 0.362. The zero-order chi connectivity index (χ0) is 45.4. The van der Waals surface area contributed by atoms with Gasteiger partial charge in [-0.25, -0.2) is 0 Å². The minimum Gasteiger partial charge on any atom is -0.493 e. The lowest BCUT2D eigenvalue weighted by Gasteiger charge is -2.36. The SMILES string of the molecule is CC(C)COc1ccc(C(O)(c2ccc(OCC(C)C)cc2)c2cc(-c3ccsc3)c(C(O)(c3ccc(OCC(C)C)cc3)c3ccc(OCC(C)C)cc3)cc2-c2ccsc2)cc1. The number of rotatable bonds is 20. The predicted molar refractivity (Wildman–Crippen MR) is 264 cm³/mol. The van der Waals surface area contributed by atoms with Gasteiger partial charge in [0.15, 0.2) is 0 Å². The highest BCUT2D eigenvalue weighted by atomic mass is 32.1. The average Bonchev–Trinajstić information content (AvgIpc) is 4.05. The van der Waals surface area contributed by atoms with Crippen LogP contribution < -0.4 is 18.9 Å². The van der Waals surface area contributed by atoms with Crippen molar-refractivity contribution < 1.29 is 29.2 Å². The molecule has 8 heteroatoms. The summed E-state index contributed by atoms with van der Waals surface area (Å²) in [4.78, 5) is 0. The molecule has 0 bridgehead atoms. The summed E-state index contributed by atoms with van der Waals surface area (Å²) >= 11 is 3.17. The number of ether oxygens (including phenoxy) is 4. The van der Waals surface area contributed by atoms with E-state index in [0.29, 0.717) is 83.5 Å². The molecule has 0 fully saturated rings. The van der Waals surface area contributed by atoms with Crippen LogP contribution in [0.1, 0.15) is 88.8 Å². The monoisotopic (exact) mass is 894 g/mol. The van der Waals surface area contributed by atoms with Gasteiger partial charge in [-0.2, -0.15) is 22.7 Å². The Kier molecular flexibility index (Phi) is 15.0. The van der Waals surface area contributed by atoms with E-state index in [9.17, 15) is 10.2 Å². The molecule has 64 heavy (non-hydrogen) atoms. The van der Waals surface area contributed by atoms with Gasteiger partial charge in [-0.05, 0) is 162 Å². The summed E-state index contributed by atoms with van der Waals surface area (Å²) < 4.78 is 24.5.